The summed E-state index contributed by atoms with van der Waals surface area (Å²) < 4.78 is 0. The fourth-order valence-electron chi connectivity index (χ4n) is 2.76. The minimum Gasteiger partial charge on any atom is -0.368 e. The van der Waals surface area contributed by atoms with E-state index in [-0.39, 0.29) is 0 Å². The van der Waals surface area contributed by atoms with E-state index in [1.807, 2.05) is 0 Å². The van der Waals surface area contributed by atoms with Crippen LogP contribution in [-0.2, 0) is 0 Å². The van der Waals surface area contributed by atoms with E-state index in [4.69, 9.17) is 5.73 Å². The molecule has 1 saturated heterocycles. The molecule has 0 radical (unpaired) electrons. The van der Waals surface area contributed by atoms with E-state index in [2.05, 4.69) is 55.8 Å². The molecule has 2 N–H and O–H groups in total. The van der Waals surface area contributed by atoms with E-state index >= 15 is 0 Å². The van der Waals surface area contributed by atoms with Crippen molar-refractivity contribution in [3.63, 3.8) is 0 Å². The summed E-state index contributed by atoms with van der Waals surface area (Å²) in [6, 6.07) is 7.69. The van der Waals surface area contributed by atoms with Gasteiger partial charge in [0.25, 0.3) is 0 Å². The van der Waals surface area contributed by atoms with Gasteiger partial charge in [0.05, 0.1) is 0 Å². The molecule has 2 unspecified atom stereocenters. The van der Waals surface area contributed by atoms with Crippen molar-refractivity contribution in [3.8, 4) is 0 Å². The Bertz CT molecular complexity index is 416. The molecule has 0 aromatic heterocycles. The van der Waals surface area contributed by atoms with Gasteiger partial charge in [0.2, 0.25) is 0 Å². The molecular weight excluding hydrogens is 222 g/mol. The predicted octanol–water partition coefficient (Wildman–Crippen LogP) is 1.77. The standard InChI is InChI=1S/C15H25N3/c1-11-5-6-12(2)15(7-11)18-9-13(3)17(4)14(8-16)10-18/h5-7,13-14H,8-10,16H2,1-4H3. The van der Waals surface area contributed by atoms with Crippen molar-refractivity contribution in [2.24, 2.45) is 5.73 Å². The normalized spacial score (nSPS) is 25.5. The van der Waals surface area contributed by atoms with Crippen LogP contribution in [0.15, 0.2) is 18.2 Å². The van der Waals surface area contributed by atoms with Crippen molar-refractivity contribution in [3.05, 3.63) is 29.3 Å². The highest BCUT2D eigenvalue weighted by atomic mass is 15.3. The number of hydrogen-bond acceptors (Lipinski definition) is 3. The molecule has 2 atom stereocenters. The Balaban J connectivity index is 2.25. The van der Waals surface area contributed by atoms with Gasteiger partial charge >= 0.3 is 0 Å². The highest BCUT2D eigenvalue weighted by molar-refractivity contribution is 5.55. The van der Waals surface area contributed by atoms with Crippen molar-refractivity contribution in [2.75, 3.05) is 31.6 Å². The Morgan fingerprint density at radius 2 is 2.00 bits per heavy atom. The maximum atomic E-state index is 5.90. The van der Waals surface area contributed by atoms with E-state index in [9.17, 15) is 0 Å². The first-order chi connectivity index (χ1) is 8.52. The van der Waals surface area contributed by atoms with E-state index in [0.29, 0.717) is 12.1 Å². The zero-order valence-corrected chi connectivity index (χ0v) is 12.0. The Labute approximate surface area is 111 Å². The summed E-state index contributed by atoms with van der Waals surface area (Å²) in [5.74, 6) is 0. The number of aryl methyl sites for hydroxylation is 2. The van der Waals surface area contributed by atoms with E-state index < -0.39 is 0 Å². The second kappa shape index (κ2) is 5.29. The highest BCUT2D eigenvalue weighted by Crippen LogP contribution is 2.25. The second-order valence-electron chi connectivity index (χ2n) is 5.60. The van der Waals surface area contributed by atoms with Gasteiger partial charge in [0, 0.05) is 37.4 Å². The molecule has 1 heterocycles. The quantitative estimate of drug-likeness (QED) is 0.864. The molecule has 3 nitrogen and oxygen atoms in total. The third-order valence-corrected chi connectivity index (χ3v) is 4.16. The van der Waals surface area contributed by atoms with Crippen molar-refractivity contribution >= 4 is 5.69 Å². The Morgan fingerprint density at radius 3 is 2.67 bits per heavy atom. The van der Waals surface area contributed by atoms with Crippen LogP contribution in [0.2, 0.25) is 0 Å². The van der Waals surface area contributed by atoms with Crippen LogP contribution in [0.1, 0.15) is 18.1 Å². The summed E-state index contributed by atoms with van der Waals surface area (Å²) in [5, 5.41) is 0. The van der Waals surface area contributed by atoms with E-state index in [0.717, 1.165) is 19.6 Å². The molecule has 0 amide bonds. The van der Waals surface area contributed by atoms with Crippen LogP contribution in [0.4, 0.5) is 5.69 Å². The van der Waals surface area contributed by atoms with Gasteiger partial charge in [-0.1, -0.05) is 12.1 Å². The molecule has 1 aliphatic heterocycles. The van der Waals surface area contributed by atoms with Crippen molar-refractivity contribution in [2.45, 2.75) is 32.9 Å². The third kappa shape index (κ3) is 2.52. The van der Waals surface area contributed by atoms with Gasteiger partial charge in [0.1, 0.15) is 0 Å². The Hall–Kier alpha value is -1.06. The second-order valence-corrected chi connectivity index (χ2v) is 5.60. The van der Waals surface area contributed by atoms with Gasteiger partial charge in [-0.3, -0.25) is 4.90 Å². The number of nitrogens with zero attached hydrogens (tertiary/aromatic N) is 2. The van der Waals surface area contributed by atoms with Gasteiger partial charge in [-0.25, -0.2) is 0 Å². The van der Waals surface area contributed by atoms with Gasteiger partial charge in [0.15, 0.2) is 0 Å². The summed E-state index contributed by atoms with van der Waals surface area (Å²) in [6.45, 7) is 9.46. The van der Waals surface area contributed by atoms with Gasteiger partial charge in [-0.2, -0.15) is 0 Å². The number of hydrogen-bond donors (Lipinski definition) is 1. The number of likely N-dealkylation sites (N-methyl/N-ethyl adjacent to an activating group) is 1. The molecule has 100 valence electrons. The molecule has 0 bridgehead atoms. The minimum atomic E-state index is 0.452. The number of piperazine rings is 1. The zero-order chi connectivity index (χ0) is 13.3. The van der Waals surface area contributed by atoms with E-state index in [1.165, 1.54) is 16.8 Å². The molecule has 1 aromatic carbocycles. The molecule has 18 heavy (non-hydrogen) atoms. The summed E-state index contributed by atoms with van der Waals surface area (Å²) in [6.07, 6.45) is 0. The molecule has 1 aromatic rings. The Morgan fingerprint density at radius 1 is 1.28 bits per heavy atom. The van der Waals surface area contributed by atoms with Crippen molar-refractivity contribution < 1.29 is 0 Å². The maximum Gasteiger partial charge on any atom is 0.0399 e. The average molecular weight is 247 g/mol. The number of nitrogens with two attached hydrogens (primary N) is 1. The summed E-state index contributed by atoms with van der Waals surface area (Å²) in [7, 11) is 2.18. The van der Waals surface area contributed by atoms with E-state index in [1.54, 1.807) is 0 Å². The van der Waals surface area contributed by atoms with Crippen LogP contribution >= 0.6 is 0 Å². The van der Waals surface area contributed by atoms with Crippen molar-refractivity contribution in [1.29, 1.82) is 0 Å². The number of anilines is 1. The predicted molar refractivity (Wildman–Crippen MR) is 78.2 cm³/mol. The first kappa shape index (κ1) is 13.4. The van der Waals surface area contributed by atoms with Crippen LogP contribution < -0.4 is 10.6 Å². The van der Waals surface area contributed by atoms with Crippen molar-refractivity contribution in [1.82, 2.24) is 4.90 Å². The lowest BCUT2D eigenvalue weighted by Gasteiger charge is -2.45. The monoisotopic (exact) mass is 247 g/mol. The lowest BCUT2D eigenvalue weighted by Crippen LogP contribution is -2.58. The SMILES string of the molecule is Cc1ccc(C)c(N2CC(C)N(C)C(CN)C2)c1. The topological polar surface area (TPSA) is 32.5 Å². The smallest absolute Gasteiger partial charge is 0.0399 e. The molecule has 2 rings (SSSR count). The summed E-state index contributed by atoms with van der Waals surface area (Å²) in [5.41, 5.74) is 9.94. The van der Waals surface area contributed by atoms with Crippen LogP contribution in [0.25, 0.3) is 0 Å². The highest BCUT2D eigenvalue weighted by Gasteiger charge is 2.29. The first-order valence-corrected chi connectivity index (χ1v) is 6.77. The summed E-state index contributed by atoms with van der Waals surface area (Å²) in [4.78, 5) is 4.89. The molecule has 3 heteroatoms. The van der Waals surface area contributed by atoms with Crippen LogP contribution in [-0.4, -0.2) is 43.7 Å². The first-order valence-electron chi connectivity index (χ1n) is 6.77. The lowest BCUT2D eigenvalue weighted by atomic mass is 10.0. The fourth-order valence-corrected chi connectivity index (χ4v) is 2.76. The molecule has 0 spiro atoms. The number of rotatable bonds is 2. The maximum absolute atomic E-state index is 5.90. The molecule has 0 aliphatic carbocycles. The lowest BCUT2D eigenvalue weighted by molar-refractivity contribution is 0.162. The third-order valence-electron chi connectivity index (χ3n) is 4.16. The average Bonchev–Trinajstić information content (AvgIpc) is 2.35. The van der Waals surface area contributed by atoms with Crippen LogP contribution in [0.5, 0.6) is 0 Å². The Kier molecular flexibility index (Phi) is 3.93. The minimum absolute atomic E-state index is 0.452. The van der Waals surface area contributed by atoms with Gasteiger partial charge < -0.3 is 10.6 Å². The van der Waals surface area contributed by atoms with Crippen LogP contribution in [0, 0.1) is 13.8 Å². The van der Waals surface area contributed by atoms with Gasteiger partial charge in [-0.05, 0) is 45.0 Å². The molecule has 1 fully saturated rings. The number of benzene rings is 1. The fraction of sp³-hybridized carbons (Fsp3) is 0.600. The zero-order valence-electron chi connectivity index (χ0n) is 12.0. The molecule has 1 aliphatic rings. The summed E-state index contributed by atoms with van der Waals surface area (Å²) >= 11 is 0. The largest absolute Gasteiger partial charge is 0.368 e. The molecular formula is C15H25N3. The molecule has 0 saturated carbocycles. The van der Waals surface area contributed by atoms with Crippen LogP contribution in [0.3, 0.4) is 0 Å². The van der Waals surface area contributed by atoms with Gasteiger partial charge in [-0.15, -0.1) is 0 Å².